The number of methoxy groups -OCH3 is 1. The van der Waals surface area contributed by atoms with Crippen LogP contribution in [0.1, 0.15) is 46.5 Å². The van der Waals surface area contributed by atoms with Crippen molar-refractivity contribution in [2.75, 3.05) is 13.9 Å². The highest BCUT2D eigenvalue weighted by Gasteiger charge is 2.51. The zero-order valence-electron chi connectivity index (χ0n) is 13.4. The lowest BCUT2D eigenvalue weighted by Gasteiger charge is -2.28. The third-order valence-electron chi connectivity index (χ3n) is 4.33. The van der Waals surface area contributed by atoms with Crippen LogP contribution in [0.25, 0.3) is 0 Å². The van der Waals surface area contributed by atoms with Crippen LogP contribution in [0, 0.1) is 23.2 Å². The minimum Gasteiger partial charge on any atom is -0.462 e. The Balaban J connectivity index is 1.89. The van der Waals surface area contributed by atoms with E-state index in [2.05, 4.69) is 0 Å². The van der Waals surface area contributed by atoms with Crippen molar-refractivity contribution in [3.8, 4) is 0 Å². The van der Waals surface area contributed by atoms with Crippen LogP contribution in [0.15, 0.2) is 0 Å². The van der Waals surface area contributed by atoms with Crippen LogP contribution in [0.3, 0.4) is 0 Å². The van der Waals surface area contributed by atoms with Crippen molar-refractivity contribution >= 4 is 11.9 Å². The van der Waals surface area contributed by atoms with Crippen molar-refractivity contribution in [3.63, 3.8) is 0 Å². The number of hydrogen-bond acceptors (Lipinski definition) is 5. The van der Waals surface area contributed by atoms with Crippen LogP contribution < -0.4 is 0 Å². The van der Waals surface area contributed by atoms with Gasteiger partial charge in [0.1, 0.15) is 6.10 Å². The second-order valence-electron chi connectivity index (χ2n) is 7.48. The molecule has 0 radical (unpaired) electrons. The maximum absolute atomic E-state index is 12.0. The molecule has 4 unspecified atom stereocenters. The Morgan fingerprint density at radius 1 is 1.14 bits per heavy atom. The van der Waals surface area contributed by atoms with Crippen molar-refractivity contribution in [2.45, 2.75) is 52.6 Å². The molecular weight excluding hydrogens is 272 g/mol. The Hall–Kier alpha value is -1.10. The first kappa shape index (κ1) is 16.3. The van der Waals surface area contributed by atoms with Crippen molar-refractivity contribution in [1.82, 2.24) is 0 Å². The SMILES string of the molecule is COCOC(=O)C1CC2CC(OC(=O)CC(C)(C)C)C1C2. The summed E-state index contributed by atoms with van der Waals surface area (Å²) in [5.74, 6) is 0.0575. The van der Waals surface area contributed by atoms with E-state index in [1.54, 1.807) is 0 Å². The number of rotatable bonds is 5. The van der Waals surface area contributed by atoms with E-state index in [-0.39, 0.29) is 42.1 Å². The summed E-state index contributed by atoms with van der Waals surface area (Å²) in [5, 5.41) is 0. The van der Waals surface area contributed by atoms with Gasteiger partial charge in [0, 0.05) is 13.0 Å². The summed E-state index contributed by atoms with van der Waals surface area (Å²) in [6, 6.07) is 0. The first-order valence-electron chi connectivity index (χ1n) is 7.65. The first-order chi connectivity index (χ1) is 9.80. The molecule has 21 heavy (non-hydrogen) atoms. The molecule has 0 aromatic heterocycles. The molecule has 5 heteroatoms. The Kier molecular flexibility index (Phi) is 4.91. The number of fused-ring (bicyclic) bond motifs is 2. The summed E-state index contributed by atoms with van der Waals surface area (Å²) in [5.41, 5.74) is -0.0779. The topological polar surface area (TPSA) is 61.8 Å². The van der Waals surface area contributed by atoms with Gasteiger partial charge in [0.2, 0.25) is 0 Å². The molecule has 2 bridgehead atoms. The molecule has 0 aromatic carbocycles. The number of ether oxygens (including phenoxy) is 3. The molecule has 2 aliphatic rings. The lowest BCUT2D eigenvalue weighted by molar-refractivity contribution is -0.167. The van der Waals surface area contributed by atoms with E-state index in [0.29, 0.717) is 12.3 Å². The molecule has 2 saturated carbocycles. The van der Waals surface area contributed by atoms with Crippen molar-refractivity contribution in [1.29, 1.82) is 0 Å². The molecule has 2 aliphatic carbocycles. The zero-order valence-corrected chi connectivity index (χ0v) is 13.4. The number of carbonyl (C=O) groups excluding carboxylic acids is 2. The molecule has 0 saturated heterocycles. The Bertz CT molecular complexity index is 398. The zero-order chi connectivity index (χ0) is 15.6. The van der Waals surface area contributed by atoms with Gasteiger partial charge in [-0.05, 0) is 30.6 Å². The monoisotopic (exact) mass is 298 g/mol. The maximum atomic E-state index is 12.0. The van der Waals surface area contributed by atoms with Crippen molar-refractivity contribution in [2.24, 2.45) is 23.2 Å². The molecule has 0 amide bonds. The molecule has 0 aromatic rings. The molecule has 120 valence electrons. The van der Waals surface area contributed by atoms with E-state index in [9.17, 15) is 9.59 Å². The highest BCUT2D eigenvalue weighted by molar-refractivity contribution is 5.74. The highest BCUT2D eigenvalue weighted by Crippen LogP contribution is 2.50. The number of hydrogen-bond donors (Lipinski definition) is 0. The summed E-state index contributed by atoms with van der Waals surface area (Å²) in [4.78, 5) is 24.0. The summed E-state index contributed by atoms with van der Waals surface area (Å²) in [7, 11) is 1.49. The minimum atomic E-state index is -0.221. The van der Waals surface area contributed by atoms with Gasteiger partial charge in [-0.3, -0.25) is 9.59 Å². The van der Waals surface area contributed by atoms with Gasteiger partial charge in [0.25, 0.3) is 0 Å². The van der Waals surface area contributed by atoms with Gasteiger partial charge in [0.05, 0.1) is 12.3 Å². The fraction of sp³-hybridized carbons (Fsp3) is 0.875. The van der Waals surface area contributed by atoms with Crippen molar-refractivity contribution < 1.29 is 23.8 Å². The molecule has 0 spiro atoms. The largest absolute Gasteiger partial charge is 0.462 e. The average Bonchev–Trinajstić information content (AvgIpc) is 2.92. The fourth-order valence-electron chi connectivity index (χ4n) is 3.56. The van der Waals surface area contributed by atoms with Gasteiger partial charge in [-0.25, -0.2) is 0 Å². The smallest absolute Gasteiger partial charge is 0.311 e. The second-order valence-corrected chi connectivity index (χ2v) is 7.48. The summed E-state index contributed by atoms with van der Waals surface area (Å²) in [6.45, 7) is 6.03. The highest BCUT2D eigenvalue weighted by atomic mass is 16.7. The predicted molar refractivity (Wildman–Crippen MR) is 76.2 cm³/mol. The lowest BCUT2D eigenvalue weighted by Crippen LogP contribution is -2.35. The number of esters is 2. The Morgan fingerprint density at radius 3 is 2.43 bits per heavy atom. The van der Waals surface area contributed by atoms with E-state index in [1.807, 2.05) is 20.8 Å². The summed E-state index contributed by atoms with van der Waals surface area (Å²) < 4.78 is 15.5. The van der Waals surface area contributed by atoms with Crippen LogP contribution in [-0.2, 0) is 23.8 Å². The van der Waals surface area contributed by atoms with Gasteiger partial charge in [-0.15, -0.1) is 0 Å². The van der Waals surface area contributed by atoms with E-state index >= 15 is 0 Å². The van der Waals surface area contributed by atoms with Crippen LogP contribution in [0.5, 0.6) is 0 Å². The molecule has 0 N–H and O–H groups in total. The van der Waals surface area contributed by atoms with Crippen LogP contribution in [-0.4, -0.2) is 31.9 Å². The standard InChI is InChI=1S/C16H26O5/c1-16(2,3)8-14(17)21-13-7-10-5-11(13)12(6-10)15(18)20-9-19-4/h10-13H,5-9H2,1-4H3. The Labute approximate surface area is 126 Å². The fourth-order valence-corrected chi connectivity index (χ4v) is 3.56. The van der Waals surface area contributed by atoms with Gasteiger partial charge in [-0.2, -0.15) is 0 Å². The third-order valence-corrected chi connectivity index (χ3v) is 4.33. The van der Waals surface area contributed by atoms with E-state index in [0.717, 1.165) is 19.3 Å². The molecule has 0 heterocycles. The maximum Gasteiger partial charge on any atom is 0.311 e. The molecule has 2 rings (SSSR count). The van der Waals surface area contributed by atoms with E-state index < -0.39 is 0 Å². The first-order valence-corrected chi connectivity index (χ1v) is 7.65. The lowest BCUT2D eigenvalue weighted by atomic mass is 9.86. The van der Waals surface area contributed by atoms with Crippen molar-refractivity contribution in [3.05, 3.63) is 0 Å². The van der Waals surface area contributed by atoms with Crippen LogP contribution in [0.2, 0.25) is 0 Å². The normalized spacial score (nSPS) is 31.2. The molecule has 0 aliphatic heterocycles. The number of carbonyl (C=O) groups is 2. The van der Waals surface area contributed by atoms with Gasteiger partial charge in [0.15, 0.2) is 6.79 Å². The van der Waals surface area contributed by atoms with Gasteiger partial charge in [-0.1, -0.05) is 20.8 Å². The quantitative estimate of drug-likeness (QED) is 0.576. The van der Waals surface area contributed by atoms with Gasteiger partial charge >= 0.3 is 11.9 Å². The Morgan fingerprint density at radius 2 is 1.86 bits per heavy atom. The molecule has 2 fully saturated rings. The minimum absolute atomic E-state index is 0.0127. The van der Waals surface area contributed by atoms with E-state index in [4.69, 9.17) is 14.2 Å². The van der Waals surface area contributed by atoms with Gasteiger partial charge < -0.3 is 14.2 Å². The summed E-state index contributed by atoms with van der Waals surface area (Å²) >= 11 is 0. The third kappa shape index (κ3) is 4.19. The second kappa shape index (κ2) is 6.34. The van der Waals surface area contributed by atoms with E-state index in [1.165, 1.54) is 7.11 Å². The summed E-state index contributed by atoms with van der Waals surface area (Å²) in [6.07, 6.45) is 2.97. The van der Waals surface area contributed by atoms with Crippen LogP contribution in [0.4, 0.5) is 0 Å². The molecular formula is C16H26O5. The van der Waals surface area contributed by atoms with Crippen LogP contribution >= 0.6 is 0 Å². The molecule has 4 atom stereocenters. The predicted octanol–water partition coefficient (Wildman–Crippen LogP) is 2.53. The average molecular weight is 298 g/mol. The molecule has 5 nitrogen and oxygen atoms in total.